The topological polar surface area (TPSA) is 29.1 Å². The Morgan fingerprint density at radius 3 is 3.19 bits per heavy atom. The molecule has 4 heteroatoms. The van der Waals surface area contributed by atoms with Crippen LogP contribution in [0.2, 0.25) is 0 Å². The molecule has 0 aromatic carbocycles. The Morgan fingerprint density at radius 1 is 1.50 bits per heavy atom. The van der Waals surface area contributed by atoms with Crippen LogP contribution in [0, 0.1) is 0 Å². The van der Waals surface area contributed by atoms with E-state index in [9.17, 15) is 0 Å². The van der Waals surface area contributed by atoms with E-state index in [-0.39, 0.29) is 24.0 Å². The summed E-state index contributed by atoms with van der Waals surface area (Å²) < 4.78 is 5.07. The molecule has 0 radical (unpaired) electrons. The van der Waals surface area contributed by atoms with Gasteiger partial charge in [0, 0.05) is 51.1 Å². The Labute approximate surface area is 115 Å². The van der Waals surface area contributed by atoms with Crippen LogP contribution in [0.4, 0.5) is 0 Å². The number of allylic oxidation sites excluding steroid dienone is 1. The van der Waals surface area contributed by atoms with E-state index < -0.39 is 0 Å². The van der Waals surface area contributed by atoms with Gasteiger partial charge in [0.15, 0.2) is 0 Å². The molecular weight excluding hydrogens is 315 g/mol. The maximum Gasteiger partial charge on any atom is 0.131 e. The number of rotatable bonds is 4. The molecule has 0 unspecified atom stereocenters. The summed E-state index contributed by atoms with van der Waals surface area (Å²) in [4.78, 5) is 2.40. The number of quaternary nitrogens is 1. The lowest BCUT2D eigenvalue weighted by atomic mass is 10.0. The second kappa shape index (κ2) is 7.29. The molecule has 0 saturated carbocycles. The van der Waals surface area contributed by atoms with Crippen LogP contribution in [0.5, 0.6) is 0 Å². The first-order valence-corrected chi connectivity index (χ1v) is 5.86. The molecule has 2 aliphatic rings. The van der Waals surface area contributed by atoms with E-state index in [1.807, 2.05) is 0 Å². The van der Waals surface area contributed by atoms with Crippen LogP contribution in [-0.4, -0.2) is 38.3 Å². The van der Waals surface area contributed by atoms with Gasteiger partial charge >= 0.3 is 0 Å². The minimum absolute atomic E-state index is 0. The lowest BCUT2D eigenvalue weighted by molar-refractivity contribution is -0.607. The highest BCUT2D eigenvalue weighted by Gasteiger charge is 2.19. The van der Waals surface area contributed by atoms with E-state index in [0.29, 0.717) is 0 Å². The third-order valence-corrected chi connectivity index (χ3v) is 3.11. The summed E-state index contributed by atoms with van der Waals surface area (Å²) in [5.41, 5.74) is 3.12. The highest BCUT2D eigenvalue weighted by Crippen LogP contribution is 2.17. The zero-order valence-corrected chi connectivity index (χ0v) is 12.1. The Kier molecular flexibility index (Phi) is 6.38. The van der Waals surface area contributed by atoms with Crippen molar-refractivity contribution in [3.05, 3.63) is 23.5 Å². The fourth-order valence-corrected chi connectivity index (χ4v) is 2.27. The molecule has 0 aromatic heterocycles. The van der Waals surface area contributed by atoms with Gasteiger partial charge in [0.05, 0.1) is 6.54 Å². The van der Waals surface area contributed by atoms with Crippen molar-refractivity contribution in [1.29, 1.82) is 0 Å². The van der Waals surface area contributed by atoms with Gasteiger partial charge in [0.2, 0.25) is 0 Å². The number of nitrogens with two attached hydrogens (primary N) is 1. The quantitative estimate of drug-likeness (QED) is 0.453. The second-order valence-corrected chi connectivity index (χ2v) is 4.29. The van der Waals surface area contributed by atoms with Crippen molar-refractivity contribution in [2.75, 3.05) is 33.4 Å². The molecule has 2 aliphatic heterocycles. The third kappa shape index (κ3) is 3.75. The second-order valence-electron chi connectivity index (χ2n) is 4.29. The van der Waals surface area contributed by atoms with Gasteiger partial charge in [-0.15, -0.1) is 0 Å². The van der Waals surface area contributed by atoms with E-state index in [0.717, 1.165) is 26.1 Å². The predicted octanol–water partition coefficient (Wildman–Crippen LogP) is -2.53. The van der Waals surface area contributed by atoms with Crippen LogP contribution in [0.1, 0.15) is 19.3 Å². The summed E-state index contributed by atoms with van der Waals surface area (Å²) in [7, 11) is 1.77. The molecule has 2 N–H and O–H groups in total. The number of hydrogen-bond donors (Lipinski definition) is 1. The number of ether oxygens (including phenoxy) is 1. The lowest BCUT2D eigenvalue weighted by Crippen LogP contribution is -3.00. The predicted molar refractivity (Wildman–Crippen MR) is 60.3 cm³/mol. The molecule has 0 amide bonds. The van der Waals surface area contributed by atoms with Crippen molar-refractivity contribution in [3.63, 3.8) is 0 Å². The number of methoxy groups -OCH3 is 1. The molecule has 0 atom stereocenters. The summed E-state index contributed by atoms with van der Waals surface area (Å²) in [6.45, 7) is 4.36. The van der Waals surface area contributed by atoms with Gasteiger partial charge < -0.3 is 38.9 Å². The molecule has 92 valence electrons. The van der Waals surface area contributed by atoms with Crippen LogP contribution in [0.15, 0.2) is 23.5 Å². The summed E-state index contributed by atoms with van der Waals surface area (Å²) >= 11 is 0. The van der Waals surface area contributed by atoms with Crippen LogP contribution < -0.4 is 29.3 Å². The Bertz CT molecular complexity index is 276. The summed E-state index contributed by atoms with van der Waals surface area (Å²) in [6.07, 6.45) is 8.24. The monoisotopic (exact) mass is 336 g/mol. The number of halogens is 1. The van der Waals surface area contributed by atoms with E-state index >= 15 is 0 Å². The largest absolute Gasteiger partial charge is 1.00 e. The standard InChI is InChI=1S/C12H20N2O.HI/c1-15-9-3-7-14-8-5-12-11(10-14)4-2-6-13-12;/h5,8,13H,2-4,6-7,9-10H2,1H3;1H. The molecule has 0 bridgehead atoms. The van der Waals surface area contributed by atoms with Crippen molar-refractivity contribution in [1.82, 2.24) is 4.90 Å². The van der Waals surface area contributed by atoms with Gasteiger partial charge in [-0.05, 0) is 12.8 Å². The third-order valence-electron chi connectivity index (χ3n) is 3.11. The zero-order chi connectivity index (χ0) is 10.5. The van der Waals surface area contributed by atoms with Crippen LogP contribution in [0.25, 0.3) is 0 Å². The minimum atomic E-state index is 0. The Balaban J connectivity index is 0.00000128. The first-order valence-electron chi connectivity index (χ1n) is 5.86. The van der Waals surface area contributed by atoms with Gasteiger partial charge in [0.25, 0.3) is 0 Å². The van der Waals surface area contributed by atoms with Crippen molar-refractivity contribution < 1.29 is 34.0 Å². The molecule has 0 fully saturated rings. The highest BCUT2D eigenvalue weighted by molar-refractivity contribution is 5.24. The smallest absolute Gasteiger partial charge is 0.131 e. The fraction of sp³-hybridized carbons (Fsp3) is 0.667. The van der Waals surface area contributed by atoms with Gasteiger partial charge in [-0.3, -0.25) is 0 Å². The van der Waals surface area contributed by atoms with Crippen LogP contribution in [0.3, 0.4) is 0 Å². The van der Waals surface area contributed by atoms with Gasteiger partial charge in [-0.2, -0.15) is 0 Å². The van der Waals surface area contributed by atoms with Crippen molar-refractivity contribution >= 4 is 0 Å². The molecule has 0 spiro atoms. The first kappa shape index (κ1) is 14.0. The van der Waals surface area contributed by atoms with Gasteiger partial charge in [-0.1, -0.05) is 0 Å². The zero-order valence-electron chi connectivity index (χ0n) is 9.92. The van der Waals surface area contributed by atoms with Crippen LogP contribution >= 0.6 is 0 Å². The van der Waals surface area contributed by atoms with Gasteiger partial charge in [-0.25, -0.2) is 0 Å². The Hall–Kier alpha value is -0.0700. The highest BCUT2D eigenvalue weighted by atomic mass is 127. The average molecular weight is 336 g/mol. The molecule has 2 rings (SSSR count). The molecule has 3 nitrogen and oxygen atoms in total. The molecular formula is C12H21IN2O. The summed E-state index contributed by atoms with van der Waals surface area (Å²) in [5, 5.41) is 2.38. The fourth-order valence-electron chi connectivity index (χ4n) is 2.27. The normalized spacial score (nSPS) is 19.4. The Morgan fingerprint density at radius 2 is 2.38 bits per heavy atom. The maximum atomic E-state index is 5.07. The maximum absolute atomic E-state index is 5.07. The first-order chi connectivity index (χ1) is 7.40. The van der Waals surface area contributed by atoms with E-state index in [2.05, 4.69) is 22.5 Å². The SMILES string of the molecule is COCCCN1C=CC2=C(CCC[NH2+]2)C1.[I-]. The van der Waals surface area contributed by atoms with Crippen molar-refractivity contribution in [3.8, 4) is 0 Å². The van der Waals surface area contributed by atoms with Gasteiger partial charge in [0.1, 0.15) is 5.70 Å². The van der Waals surface area contributed by atoms with Crippen LogP contribution in [-0.2, 0) is 4.74 Å². The average Bonchev–Trinajstić information content (AvgIpc) is 2.29. The van der Waals surface area contributed by atoms with Crippen molar-refractivity contribution in [2.24, 2.45) is 0 Å². The van der Waals surface area contributed by atoms with Crippen molar-refractivity contribution in [2.45, 2.75) is 19.3 Å². The molecule has 0 saturated heterocycles. The van der Waals surface area contributed by atoms with E-state index in [1.165, 1.54) is 25.1 Å². The minimum Gasteiger partial charge on any atom is -1.00 e. The number of hydrogen-bond acceptors (Lipinski definition) is 2. The number of nitrogens with zero attached hydrogens (tertiary/aromatic N) is 1. The molecule has 0 aromatic rings. The van der Waals surface area contributed by atoms with E-state index in [4.69, 9.17) is 4.74 Å². The van der Waals surface area contributed by atoms with E-state index in [1.54, 1.807) is 12.7 Å². The lowest BCUT2D eigenvalue weighted by Gasteiger charge is -2.28. The summed E-state index contributed by atoms with van der Waals surface area (Å²) in [5.74, 6) is 0. The molecule has 2 heterocycles. The molecule has 0 aliphatic carbocycles. The summed E-state index contributed by atoms with van der Waals surface area (Å²) in [6, 6.07) is 0. The molecule has 16 heavy (non-hydrogen) atoms.